The summed E-state index contributed by atoms with van der Waals surface area (Å²) in [4.78, 5) is 14.0. The zero-order valence-corrected chi connectivity index (χ0v) is 13.8. The summed E-state index contributed by atoms with van der Waals surface area (Å²) in [6.07, 6.45) is 0. The molecule has 2 rings (SSSR count). The van der Waals surface area contributed by atoms with Crippen molar-refractivity contribution in [3.05, 3.63) is 65.2 Å². The Kier molecular flexibility index (Phi) is 6.26. The summed E-state index contributed by atoms with van der Waals surface area (Å²) in [5, 5.41) is 5.17. The van der Waals surface area contributed by atoms with Gasteiger partial charge < -0.3 is 15.5 Å². The molecule has 0 saturated carbocycles. The predicted octanol–water partition coefficient (Wildman–Crippen LogP) is 3.74. The average Bonchev–Trinajstić information content (AvgIpc) is 2.56. The lowest BCUT2D eigenvalue weighted by atomic mass is 10.1. The van der Waals surface area contributed by atoms with Crippen molar-refractivity contribution in [2.24, 2.45) is 0 Å². The van der Waals surface area contributed by atoms with Crippen LogP contribution >= 0.6 is 0 Å². The van der Waals surface area contributed by atoms with E-state index in [9.17, 15) is 13.6 Å². The van der Waals surface area contributed by atoms with Crippen LogP contribution in [0.3, 0.4) is 0 Å². The quantitative estimate of drug-likeness (QED) is 0.846. The molecule has 2 aromatic carbocycles. The van der Waals surface area contributed by atoms with Gasteiger partial charge in [0.2, 0.25) is 0 Å². The molecular weight excluding hydrogens is 312 g/mol. The number of carbonyl (C=O) groups is 1. The molecule has 0 spiro atoms. The summed E-state index contributed by atoms with van der Waals surface area (Å²) in [6.45, 7) is 4.23. The Hall–Kier alpha value is -2.47. The van der Waals surface area contributed by atoms with E-state index >= 15 is 0 Å². The highest BCUT2D eigenvalue weighted by atomic mass is 19.2. The second-order valence-electron chi connectivity index (χ2n) is 5.59. The zero-order chi connectivity index (χ0) is 17.5. The number of benzene rings is 2. The van der Waals surface area contributed by atoms with Crippen molar-refractivity contribution in [2.45, 2.75) is 20.0 Å². The van der Waals surface area contributed by atoms with Crippen LogP contribution in [0.5, 0.6) is 0 Å². The van der Waals surface area contributed by atoms with E-state index < -0.39 is 17.7 Å². The Bertz CT molecular complexity index is 706. The second kappa shape index (κ2) is 8.40. The van der Waals surface area contributed by atoms with Gasteiger partial charge in [0.05, 0.1) is 0 Å². The molecule has 0 saturated heterocycles. The molecule has 0 aliphatic rings. The van der Waals surface area contributed by atoms with Gasteiger partial charge in [-0.15, -0.1) is 0 Å². The van der Waals surface area contributed by atoms with Gasteiger partial charge in [-0.1, -0.05) is 31.2 Å². The fourth-order valence-corrected chi connectivity index (χ4v) is 2.19. The third kappa shape index (κ3) is 5.31. The van der Waals surface area contributed by atoms with Gasteiger partial charge in [0.1, 0.15) is 0 Å². The molecule has 2 amide bonds. The molecule has 0 heterocycles. The highest BCUT2D eigenvalue weighted by Crippen LogP contribution is 2.13. The van der Waals surface area contributed by atoms with Gasteiger partial charge in [-0.2, -0.15) is 0 Å². The summed E-state index contributed by atoms with van der Waals surface area (Å²) in [6, 6.07) is 10.7. The third-order valence-electron chi connectivity index (χ3n) is 3.61. The number of hydrogen-bond acceptors (Lipinski definition) is 2. The van der Waals surface area contributed by atoms with E-state index in [-0.39, 0.29) is 5.69 Å². The maximum Gasteiger partial charge on any atom is 0.319 e. The van der Waals surface area contributed by atoms with Gasteiger partial charge in [-0.25, -0.2) is 13.6 Å². The lowest BCUT2D eigenvalue weighted by molar-refractivity contribution is 0.251. The Labute approximate surface area is 140 Å². The maximum absolute atomic E-state index is 13.1. The Morgan fingerprint density at radius 2 is 1.83 bits per heavy atom. The van der Waals surface area contributed by atoms with Gasteiger partial charge in [0.15, 0.2) is 11.6 Å². The largest absolute Gasteiger partial charge is 0.334 e. The number of nitrogens with one attached hydrogen (secondary N) is 2. The van der Waals surface area contributed by atoms with Gasteiger partial charge >= 0.3 is 6.03 Å². The number of anilines is 1. The van der Waals surface area contributed by atoms with Crippen molar-refractivity contribution in [2.75, 3.05) is 18.9 Å². The van der Waals surface area contributed by atoms with Crippen LogP contribution in [0.25, 0.3) is 0 Å². The summed E-state index contributed by atoms with van der Waals surface area (Å²) in [7, 11) is 2.04. The summed E-state index contributed by atoms with van der Waals surface area (Å²) >= 11 is 0. The van der Waals surface area contributed by atoms with Crippen LogP contribution in [0.1, 0.15) is 18.1 Å². The van der Waals surface area contributed by atoms with Crippen molar-refractivity contribution >= 4 is 11.7 Å². The van der Waals surface area contributed by atoms with Crippen molar-refractivity contribution < 1.29 is 13.6 Å². The third-order valence-corrected chi connectivity index (χ3v) is 3.61. The highest BCUT2D eigenvalue weighted by molar-refractivity contribution is 5.89. The van der Waals surface area contributed by atoms with Crippen LogP contribution in [0.4, 0.5) is 19.3 Å². The number of nitrogens with zero attached hydrogens (tertiary/aromatic N) is 1. The molecule has 2 N–H and O–H groups in total. The van der Waals surface area contributed by atoms with Gasteiger partial charge in [-0.05, 0) is 36.9 Å². The molecular formula is C18H21F2N3O. The molecule has 4 nitrogen and oxygen atoms in total. The van der Waals surface area contributed by atoms with Crippen molar-refractivity contribution in [3.63, 3.8) is 0 Å². The number of carbonyl (C=O) groups excluding carboxylic acids is 1. The Balaban J connectivity index is 1.89. The van der Waals surface area contributed by atoms with E-state index in [1.807, 2.05) is 31.3 Å². The minimum absolute atomic E-state index is 0.199. The maximum atomic E-state index is 13.1. The minimum Gasteiger partial charge on any atom is -0.334 e. The Morgan fingerprint density at radius 1 is 1.08 bits per heavy atom. The number of amides is 2. The fraction of sp³-hybridized carbons (Fsp3) is 0.278. The molecule has 0 atom stereocenters. The van der Waals surface area contributed by atoms with Crippen LogP contribution in [0, 0.1) is 11.6 Å². The normalized spacial score (nSPS) is 10.7. The number of rotatable bonds is 6. The topological polar surface area (TPSA) is 44.4 Å². The molecule has 0 aromatic heterocycles. The molecule has 24 heavy (non-hydrogen) atoms. The van der Waals surface area contributed by atoms with Crippen LogP contribution in [0.15, 0.2) is 42.5 Å². The molecule has 2 aromatic rings. The molecule has 0 aliphatic heterocycles. The standard InChI is InChI=1S/C18H21F2N3O/c1-3-23(2)12-14-6-4-5-13(9-14)11-21-18(24)22-15-7-8-16(19)17(20)10-15/h4-10H,3,11-12H2,1-2H3,(H2,21,22,24). The van der Waals surface area contributed by atoms with E-state index in [0.717, 1.165) is 30.8 Å². The van der Waals surface area contributed by atoms with E-state index in [1.165, 1.54) is 11.6 Å². The number of hydrogen-bond donors (Lipinski definition) is 2. The van der Waals surface area contributed by atoms with Gasteiger partial charge in [0.25, 0.3) is 0 Å². The first-order chi connectivity index (χ1) is 11.5. The molecule has 128 valence electrons. The summed E-state index contributed by atoms with van der Waals surface area (Å²) in [5.74, 6) is -1.95. The van der Waals surface area contributed by atoms with Crippen molar-refractivity contribution in [3.8, 4) is 0 Å². The van der Waals surface area contributed by atoms with Crippen molar-refractivity contribution in [1.82, 2.24) is 10.2 Å². The lowest BCUT2D eigenvalue weighted by Crippen LogP contribution is -2.28. The molecule has 6 heteroatoms. The molecule has 0 bridgehead atoms. The van der Waals surface area contributed by atoms with E-state index in [1.54, 1.807) is 0 Å². The fourth-order valence-electron chi connectivity index (χ4n) is 2.19. The van der Waals surface area contributed by atoms with E-state index in [2.05, 4.69) is 22.5 Å². The SMILES string of the molecule is CCN(C)Cc1cccc(CNC(=O)Nc2ccc(F)c(F)c2)c1. The Morgan fingerprint density at radius 3 is 2.54 bits per heavy atom. The van der Waals surface area contributed by atoms with E-state index in [4.69, 9.17) is 0 Å². The predicted molar refractivity (Wildman–Crippen MR) is 90.7 cm³/mol. The van der Waals surface area contributed by atoms with Crippen LogP contribution in [-0.2, 0) is 13.1 Å². The molecule has 0 radical (unpaired) electrons. The van der Waals surface area contributed by atoms with Gasteiger partial charge in [0, 0.05) is 24.8 Å². The first kappa shape index (κ1) is 17.9. The number of urea groups is 1. The lowest BCUT2D eigenvalue weighted by Gasteiger charge is -2.14. The van der Waals surface area contributed by atoms with Crippen LogP contribution < -0.4 is 10.6 Å². The summed E-state index contributed by atoms with van der Waals surface area (Å²) < 4.78 is 26.0. The second-order valence-corrected chi connectivity index (χ2v) is 5.59. The zero-order valence-electron chi connectivity index (χ0n) is 13.8. The molecule has 0 fully saturated rings. The van der Waals surface area contributed by atoms with E-state index in [0.29, 0.717) is 6.54 Å². The van der Waals surface area contributed by atoms with Gasteiger partial charge in [-0.3, -0.25) is 0 Å². The monoisotopic (exact) mass is 333 g/mol. The average molecular weight is 333 g/mol. The summed E-state index contributed by atoms with van der Waals surface area (Å²) in [5.41, 5.74) is 2.34. The molecule has 0 unspecified atom stereocenters. The first-order valence-electron chi connectivity index (χ1n) is 7.74. The first-order valence-corrected chi connectivity index (χ1v) is 7.74. The smallest absolute Gasteiger partial charge is 0.319 e. The van der Waals surface area contributed by atoms with Crippen LogP contribution in [0.2, 0.25) is 0 Å². The minimum atomic E-state index is -0.999. The van der Waals surface area contributed by atoms with Crippen molar-refractivity contribution in [1.29, 1.82) is 0 Å². The molecule has 0 aliphatic carbocycles. The van der Waals surface area contributed by atoms with Crippen LogP contribution in [-0.4, -0.2) is 24.5 Å². The highest BCUT2D eigenvalue weighted by Gasteiger charge is 2.06. The number of halogens is 2.